The molecule has 4 nitrogen and oxygen atoms in total. The van der Waals surface area contributed by atoms with E-state index in [1.54, 1.807) is 0 Å². The predicted octanol–water partition coefficient (Wildman–Crippen LogP) is 2.33. The third-order valence-corrected chi connectivity index (χ3v) is 4.11. The van der Waals surface area contributed by atoms with E-state index in [1.807, 2.05) is 18.2 Å². The average Bonchev–Trinajstić information content (AvgIpc) is 2.51. The molecule has 1 fully saturated rings. The largest absolute Gasteiger partial charge is 0.490 e. The number of morpholine rings is 1. The summed E-state index contributed by atoms with van der Waals surface area (Å²) in [5.41, 5.74) is 7.14. The van der Waals surface area contributed by atoms with Gasteiger partial charge in [0.1, 0.15) is 12.4 Å². The second kappa shape index (κ2) is 8.59. The highest BCUT2D eigenvalue weighted by Gasteiger charge is 2.13. The van der Waals surface area contributed by atoms with E-state index in [4.69, 9.17) is 26.8 Å². The Kier molecular flexibility index (Phi) is 6.77. The minimum Gasteiger partial charge on any atom is -0.490 e. The highest BCUT2D eigenvalue weighted by Crippen LogP contribution is 2.29. The maximum absolute atomic E-state index is 6.28. The van der Waals surface area contributed by atoms with Gasteiger partial charge in [0.05, 0.1) is 18.2 Å². The Morgan fingerprint density at radius 3 is 2.86 bits per heavy atom. The van der Waals surface area contributed by atoms with Crippen LogP contribution in [0.1, 0.15) is 18.9 Å². The lowest BCUT2D eigenvalue weighted by atomic mass is 10.0. The van der Waals surface area contributed by atoms with Crippen LogP contribution in [0.15, 0.2) is 18.2 Å². The summed E-state index contributed by atoms with van der Waals surface area (Å²) in [6.45, 7) is 7.18. The van der Waals surface area contributed by atoms with Crippen molar-refractivity contribution >= 4 is 11.6 Å². The normalized spacial score (nSPS) is 17.7. The minimum absolute atomic E-state index is 0.144. The van der Waals surface area contributed by atoms with Crippen molar-refractivity contribution < 1.29 is 9.47 Å². The van der Waals surface area contributed by atoms with E-state index in [0.717, 1.165) is 57.0 Å². The predicted molar refractivity (Wildman–Crippen MR) is 86.2 cm³/mol. The zero-order valence-corrected chi connectivity index (χ0v) is 13.4. The smallest absolute Gasteiger partial charge is 0.141 e. The Morgan fingerprint density at radius 2 is 2.14 bits per heavy atom. The van der Waals surface area contributed by atoms with Crippen molar-refractivity contribution in [3.05, 3.63) is 28.8 Å². The van der Waals surface area contributed by atoms with Crippen LogP contribution < -0.4 is 10.5 Å². The van der Waals surface area contributed by atoms with Gasteiger partial charge in [0.15, 0.2) is 0 Å². The van der Waals surface area contributed by atoms with Gasteiger partial charge in [-0.1, -0.05) is 30.7 Å². The maximum Gasteiger partial charge on any atom is 0.141 e. The number of benzene rings is 1. The topological polar surface area (TPSA) is 47.7 Å². The molecule has 1 aliphatic heterocycles. The van der Waals surface area contributed by atoms with Crippen molar-refractivity contribution in [1.29, 1.82) is 0 Å². The molecule has 1 aliphatic rings. The molecule has 0 aromatic heterocycles. The summed E-state index contributed by atoms with van der Waals surface area (Å²) in [6.07, 6.45) is 1.74. The molecule has 1 saturated heterocycles. The highest BCUT2D eigenvalue weighted by atomic mass is 35.5. The summed E-state index contributed by atoms with van der Waals surface area (Å²) in [5, 5.41) is 0.665. The molecule has 1 heterocycles. The minimum atomic E-state index is 0.144. The van der Waals surface area contributed by atoms with Crippen LogP contribution in [0.3, 0.4) is 0 Å². The maximum atomic E-state index is 6.28. The van der Waals surface area contributed by atoms with Gasteiger partial charge in [0.25, 0.3) is 0 Å². The molecule has 0 aliphatic carbocycles. The third-order valence-electron chi connectivity index (χ3n) is 3.81. The van der Waals surface area contributed by atoms with E-state index in [2.05, 4.69) is 11.8 Å². The molecule has 0 bridgehead atoms. The molecule has 1 aromatic rings. The van der Waals surface area contributed by atoms with Crippen LogP contribution in [0.5, 0.6) is 5.75 Å². The molecule has 2 N–H and O–H groups in total. The van der Waals surface area contributed by atoms with E-state index in [1.165, 1.54) is 0 Å². The summed E-state index contributed by atoms with van der Waals surface area (Å²) in [4.78, 5) is 2.35. The van der Waals surface area contributed by atoms with Crippen molar-refractivity contribution in [1.82, 2.24) is 4.90 Å². The molecule has 0 amide bonds. The average molecular weight is 313 g/mol. The number of halogens is 1. The first kappa shape index (κ1) is 16.6. The Balaban J connectivity index is 1.91. The van der Waals surface area contributed by atoms with E-state index >= 15 is 0 Å². The first-order chi connectivity index (χ1) is 10.2. The molecule has 5 heteroatoms. The third kappa shape index (κ3) is 5.15. The van der Waals surface area contributed by atoms with E-state index in [-0.39, 0.29) is 6.04 Å². The molecule has 0 spiro atoms. The molecule has 21 heavy (non-hydrogen) atoms. The van der Waals surface area contributed by atoms with Gasteiger partial charge in [-0.25, -0.2) is 0 Å². The second-order valence-electron chi connectivity index (χ2n) is 5.40. The summed E-state index contributed by atoms with van der Waals surface area (Å²) < 4.78 is 11.3. The Hall–Kier alpha value is -0.810. The fourth-order valence-corrected chi connectivity index (χ4v) is 2.65. The molecule has 0 saturated carbocycles. The molecule has 1 aromatic carbocycles. The lowest BCUT2D eigenvalue weighted by Crippen LogP contribution is -2.38. The summed E-state index contributed by atoms with van der Waals surface area (Å²) in [5.74, 6) is 0.788. The first-order valence-electron chi connectivity index (χ1n) is 7.66. The van der Waals surface area contributed by atoms with E-state index in [9.17, 15) is 0 Å². The Bertz CT molecular complexity index is 436. The summed E-state index contributed by atoms with van der Waals surface area (Å²) >= 11 is 6.28. The van der Waals surface area contributed by atoms with Gasteiger partial charge >= 0.3 is 0 Å². The number of para-hydroxylation sites is 1. The molecule has 0 radical (unpaired) electrons. The monoisotopic (exact) mass is 312 g/mol. The number of hydrogen-bond donors (Lipinski definition) is 1. The van der Waals surface area contributed by atoms with Crippen LogP contribution in [0, 0.1) is 0 Å². The zero-order valence-electron chi connectivity index (χ0n) is 12.7. The molecule has 1 atom stereocenters. The number of ether oxygens (including phenoxy) is 2. The van der Waals surface area contributed by atoms with Gasteiger partial charge in [0, 0.05) is 25.7 Å². The number of nitrogens with zero attached hydrogens (tertiary/aromatic N) is 1. The Morgan fingerprint density at radius 1 is 1.38 bits per heavy atom. The van der Waals surface area contributed by atoms with Crippen LogP contribution in [0.4, 0.5) is 0 Å². The van der Waals surface area contributed by atoms with Crippen LogP contribution in [-0.4, -0.2) is 50.4 Å². The van der Waals surface area contributed by atoms with Crippen LogP contribution in [0.2, 0.25) is 5.02 Å². The van der Waals surface area contributed by atoms with Crippen molar-refractivity contribution in [2.45, 2.75) is 25.8 Å². The van der Waals surface area contributed by atoms with Gasteiger partial charge < -0.3 is 15.2 Å². The number of nitrogens with two attached hydrogens (primary N) is 1. The zero-order chi connectivity index (χ0) is 15.1. The lowest BCUT2D eigenvalue weighted by Gasteiger charge is -2.26. The van der Waals surface area contributed by atoms with Crippen molar-refractivity contribution in [2.75, 3.05) is 39.5 Å². The van der Waals surface area contributed by atoms with Crippen molar-refractivity contribution in [3.8, 4) is 5.75 Å². The van der Waals surface area contributed by atoms with Gasteiger partial charge in [-0.3, -0.25) is 4.90 Å². The highest BCUT2D eigenvalue weighted by molar-refractivity contribution is 6.32. The van der Waals surface area contributed by atoms with Gasteiger partial charge in [-0.2, -0.15) is 0 Å². The second-order valence-corrected chi connectivity index (χ2v) is 5.81. The van der Waals surface area contributed by atoms with Gasteiger partial charge in [-0.05, 0) is 24.5 Å². The first-order valence-corrected chi connectivity index (χ1v) is 8.04. The lowest BCUT2D eigenvalue weighted by molar-refractivity contribution is 0.0322. The van der Waals surface area contributed by atoms with Crippen LogP contribution in [-0.2, 0) is 11.2 Å². The quantitative estimate of drug-likeness (QED) is 0.839. The summed E-state index contributed by atoms with van der Waals surface area (Å²) in [6, 6.07) is 6.01. The molecule has 118 valence electrons. The molecule has 1 unspecified atom stereocenters. The Labute approximate surface area is 132 Å². The van der Waals surface area contributed by atoms with Crippen LogP contribution in [0.25, 0.3) is 0 Å². The van der Waals surface area contributed by atoms with Gasteiger partial charge in [-0.15, -0.1) is 0 Å². The molecule has 2 rings (SSSR count). The molecular weight excluding hydrogens is 288 g/mol. The fourth-order valence-electron chi connectivity index (χ4n) is 2.40. The van der Waals surface area contributed by atoms with Crippen molar-refractivity contribution in [3.63, 3.8) is 0 Å². The summed E-state index contributed by atoms with van der Waals surface area (Å²) in [7, 11) is 0. The van der Waals surface area contributed by atoms with Crippen molar-refractivity contribution in [2.24, 2.45) is 5.73 Å². The van der Waals surface area contributed by atoms with E-state index in [0.29, 0.717) is 11.6 Å². The number of hydrogen-bond acceptors (Lipinski definition) is 4. The number of rotatable bonds is 7. The SMILES string of the molecule is CCC(N)Cc1cccc(Cl)c1OCCN1CCOCC1. The van der Waals surface area contributed by atoms with Crippen LogP contribution >= 0.6 is 11.6 Å². The fraction of sp³-hybridized carbons (Fsp3) is 0.625. The van der Waals surface area contributed by atoms with E-state index < -0.39 is 0 Å². The van der Waals surface area contributed by atoms with Gasteiger partial charge in [0.2, 0.25) is 0 Å². The standard InChI is InChI=1S/C16H25ClN2O2/c1-2-14(18)12-13-4-3-5-15(17)16(13)21-11-8-19-6-9-20-10-7-19/h3-5,14H,2,6-12,18H2,1H3. The molecular formula is C16H25ClN2O2.